The van der Waals surface area contributed by atoms with Gasteiger partial charge in [0.05, 0.1) is 12.2 Å². The van der Waals surface area contributed by atoms with Crippen molar-refractivity contribution in [2.24, 2.45) is 0 Å². The highest BCUT2D eigenvalue weighted by atomic mass is 32.1. The van der Waals surface area contributed by atoms with Crippen LogP contribution >= 0.6 is 11.3 Å². The zero-order valence-corrected chi connectivity index (χ0v) is 31.1. The van der Waals surface area contributed by atoms with Crippen LogP contribution in [0.5, 0.6) is 11.5 Å². The Morgan fingerprint density at radius 3 is 2.42 bits per heavy atom. The van der Waals surface area contributed by atoms with E-state index in [0.29, 0.717) is 30.6 Å². The lowest BCUT2D eigenvalue weighted by Gasteiger charge is -2.34. The second-order valence-corrected chi connectivity index (χ2v) is 16.2. The van der Waals surface area contributed by atoms with E-state index in [0.717, 1.165) is 81.6 Å². The molecule has 3 atom stereocenters. The van der Waals surface area contributed by atoms with Crippen LogP contribution in [0.1, 0.15) is 119 Å². The highest BCUT2D eigenvalue weighted by molar-refractivity contribution is 7.10. The van der Waals surface area contributed by atoms with Crippen molar-refractivity contribution in [3.05, 3.63) is 116 Å². The van der Waals surface area contributed by atoms with Gasteiger partial charge in [0, 0.05) is 29.1 Å². The molecule has 4 aromatic rings. The minimum absolute atomic E-state index is 0.0701. The first-order valence-electron chi connectivity index (χ1n) is 19.5. The largest absolute Gasteiger partial charge is 0.508 e. The Bertz CT molecular complexity index is 1930. The van der Waals surface area contributed by atoms with Crippen LogP contribution in [0, 0.1) is 0 Å². The molecule has 0 bridgehead atoms. The third-order valence-corrected chi connectivity index (χ3v) is 13.2. The molecule has 1 aliphatic carbocycles. The molecule has 2 saturated heterocycles. The third kappa shape index (κ3) is 7.64. The van der Waals surface area contributed by atoms with Gasteiger partial charge in [-0.1, -0.05) is 61.4 Å². The number of unbranched alkanes of at least 4 members (excludes halogenated alkanes) is 3. The average Bonchev–Trinajstić information content (AvgIpc) is 3.74. The fourth-order valence-electron chi connectivity index (χ4n) is 9.16. The van der Waals surface area contributed by atoms with Gasteiger partial charge in [-0.3, -0.25) is 19.7 Å². The van der Waals surface area contributed by atoms with Crippen LogP contribution in [-0.4, -0.2) is 64.9 Å². The number of rotatable bonds is 12. The SMILES string of the molecule is O=C1CCC(N2Cc3c(csc3C3CCN(CCCCCCOc4ccc([C@@H]5c6ccc(O)cc6CC[C@@H]5c5ccccc5)cc4)CC3)C2=O)C(=O)N1. The molecule has 4 heterocycles. The summed E-state index contributed by atoms with van der Waals surface area (Å²) in [4.78, 5) is 42.8. The summed E-state index contributed by atoms with van der Waals surface area (Å²) in [7, 11) is 0. The number of nitrogens with zero attached hydrogens (tertiary/aromatic N) is 2. The van der Waals surface area contributed by atoms with Crippen LogP contribution in [0.4, 0.5) is 0 Å². The molecule has 0 saturated carbocycles. The van der Waals surface area contributed by atoms with Crippen molar-refractivity contribution >= 4 is 29.1 Å². The van der Waals surface area contributed by atoms with Gasteiger partial charge in [-0.25, -0.2) is 0 Å². The third-order valence-electron chi connectivity index (χ3n) is 12.0. The molecule has 276 valence electrons. The number of hydrogen-bond acceptors (Lipinski definition) is 7. The lowest BCUT2D eigenvalue weighted by Crippen LogP contribution is -2.52. The fraction of sp³-hybridized carbons (Fsp3) is 0.432. The van der Waals surface area contributed by atoms with E-state index >= 15 is 0 Å². The number of amides is 3. The number of nitrogens with one attached hydrogen (secondary N) is 1. The number of aromatic hydroxyl groups is 1. The van der Waals surface area contributed by atoms with Crippen LogP contribution < -0.4 is 10.1 Å². The van der Waals surface area contributed by atoms with Gasteiger partial charge in [0.2, 0.25) is 11.8 Å². The van der Waals surface area contributed by atoms with E-state index in [1.807, 2.05) is 17.5 Å². The number of hydrogen-bond donors (Lipinski definition) is 2. The molecule has 53 heavy (non-hydrogen) atoms. The quantitative estimate of drug-likeness (QED) is 0.114. The van der Waals surface area contributed by atoms with Crippen LogP contribution in [0.25, 0.3) is 0 Å². The molecule has 4 aliphatic rings. The number of likely N-dealkylation sites (tertiary alicyclic amines) is 1. The number of benzene rings is 3. The summed E-state index contributed by atoms with van der Waals surface area (Å²) < 4.78 is 6.18. The highest BCUT2D eigenvalue weighted by Crippen LogP contribution is 2.47. The van der Waals surface area contributed by atoms with Gasteiger partial charge < -0.3 is 19.6 Å². The first-order chi connectivity index (χ1) is 25.9. The smallest absolute Gasteiger partial charge is 0.256 e. The zero-order chi connectivity index (χ0) is 36.3. The zero-order valence-electron chi connectivity index (χ0n) is 30.3. The van der Waals surface area contributed by atoms with Crippen LogP contribution in [0.15, 0.2) is 78.2 Å². The van der Waals surface area contributed by atoms with E-state index in [1.54, 1.807) is 16.2 Å². The lowest BCUT2D eigenvalue weighted by molar-refractivity contribution is -0.136. The van der Waals surface area contributed by atoms with Crippen molar-refractivity contribution in [3.8, 4) is 11.5 Å². The minimum atomic E-state index is -0.553. The van der Waals surface area contributed by atoms with Crippen molar-refractivity contribution < 1.29 is 24.2 Å². The van der Waals surface area contributed by atoms with Crippen LogP contribution in [0.3, 0.4) is 0 Å². The van der Waals surface area contributed by atoms with Gasteiger partial charge in [0.15, 0.2) is 0 Å². The first kappa shape index (κ1) is 35.6. The predicted molar refractivity (Wildman–Crippen MR) is 207 cm³/mol. The summed E-state index contributed by atoms with van der Waals surface area (Å²) in [5, 5.41) is 14.5. The molecule has 2 N–H and O–H groups in total. The van der Waals surface area contributed by atoms with E-state index in [2.05, 4.69) is 70.9 Å². The molecule has 3 aromatic carbocycles. The second-order valence-electron chi connectivity index (χ2n) is 15.3. The number of thiophene rings is 1. The molecule has 8 rings (SSSR count). The number of phenols is 1. The van der Waals surface area contributed by atoms with Gasteiger partial charge in [-0.2, -0.15) is 0 Å². The van der Waals surface area contributed by atoms with Gasteiger partial charge >= 0.3 is 0 Å². The summed E-state index contributed by atoms with van der Waals surface area (Å²) in [6.07, 6.45) is 9.46. The lowest BCUT2D eigenvalue weighted by atomic mass is 9.69. The molecule has 1 unspecified atom stereocenters. The molecule has 0 radical (unpaired) electrons. The molecular formula is C44H49N3O5S. The second kappa shape index (κ2) is 15.9. The van der Waals surface area contributed by atoms with E-state index < -0.39 is 6.04 Å². The van der Waals surface area contributed by atoms with Crippen LogP contribution in [-0.2, 0) is 22.6 Å². The number of carbonyl (C=O) groups excluding carboxylic acids is 3. The molecule has 1 aromatic heterocycles. The fourth-order valence-corrected chi connectivity index (χ4v) is 10.4. The van der Waals surface area contributed by atoms with E-state index in [-0.39, 0.29) is 30.1 Å². The number of ether oxygens (including phenoxy) is 1. The van der Waals surface area contributed by atoms with Crippen LogP contribution in [0.2, 0.25) is 0 Å². The van der Waals surface area contributed by atoms with Crippen molar-refractivity contribution in [1.82, 2.24) is 15.1 Å². The molecule has 0 spiro atoms. The maximum atomic E-state index is 13.2. The van der Waals surface area contributed by atoms with Crippen molar-refractivity contribution in [2.45, 2.75) is 94.5 Å². The maximum absolute atomic E-state index is 13.2. The number of imide groups is 1. The average molecular weight is 732 g/mol. The molecular weight excluding hydrogens is 683 g/mol. The van der Waals surface area contributed by atoms with Crippen molar-refractivity contribution in [3.63, 3.8) is 0 Å². The number of aryl methyl sites for hydroxylation is 1. The van der Waals surface area contributed by atoms with Gasteiger partial charge in [-0.05, 0) is 128 Å². The first-order valence-corrected chi connectivity index (χ1v) is 20.4. The standard InChI is InChI=1S/C44H49N3O5S/c48-33-13-17-36-32(26-33)12-16-35(29-8-4-3-5-9-29)41(36)30-10-14-34(15-11-30)52-25-7-2-1-6-22-46-23-20-31(21-24-46)42-37-27-47(44(51)38(37)28-53-42)39-18-19-40(49)45-43(39)50/h3-5,8-11,13-15,17,26,28,31,35,39,41,48H,1-2,6-7,12,16,18-25,27H2,(H,45,49,50)/t35-,39?,41+/m1/s1. The molecule has 8 nitrogen and oxygen atoms in total. The predicted octanol–water partition coefficient (Wildman–Crippen LogP) is 7.90. The van der Waals surface area contributed by atoms with Crippen molar-refractivity contribution in [2.75, 3.05) is 26.2 Å². The summed E-state index contributed by atoms with van der Waals surface area (Å²) >= 11 is 1.70. The summed E-state index contributed by atoms with van der Waals surface area (Å²) in [6.45, 7) is 4.46. The number of carbonyl (C=O) groups is 3. The van der Waals surface area contributed by atoms with E-state index in [4.69, 9.17) is 4.74 Å². The van der Waals surface area contributed by atoms with Gasteiger partial charge in [-0.15, -0.1) is 11.3 Å². The Morgan fingerprint density at radius 1 is 0.830 bits per heavy atom. The summed E-state index contributed by atoms with van der Waals surface area (Å²) in [6, 6.07) is 24.8. The van der Waals surface area contributed by atoms with Crippen molar-refractivity contribution in [1.29, 1.82) is 0 Å². The monoisotopic (exact) mass is 731 g/mol. The van der Waals surface area contributed by atoms with Gasteiger partial charge in [0.1, 0.15) is 17.5 Å². The Morgan fingerprint density at radius 2 is 1.62 bits per heavy atom. The molecule has 3 aliphatic heterocycles. The van der Waals surface area contributed by atoms with Gasteiger partial charge in [0.25, 0.3) is 5.91 Å². The Labute approximate surface area is 316 Å². The molecule has 9 heteroatoms. The normalized spacial score (nSPS) is 22.1. The molecule has 2 fully saturated rings. The number of piperidine rings is 2. The van der Waals surface area contributed by atoms with E-state index in [1.165, 1.54) is 40.0 Å². The molecule has 3 amide bonds. The highest BCUT2D eigenvalue weighted by Gasteiger charge is 2.41. The van der Waals surface area contributed by atoms with E-state index in [9.17, 15) is 19.5 Å². The Balaban J connectivity index is 0.758. The Hall–Kier alpha value is -4.47. The number of fused-ring (bicyclic) bond motifs is 2. The number of phenolic OH excluding ortho intramolecular Hbond substituents is 1. The minimum Gasteiger partial charge on any atom is -0.508 e. The summed E-state index contributed by atoms with van der Waals surface area (Å²) in [5.41, 5.74) is 7.06. The topological polar surface area (TPSA) is 99.2 Å². The Kier molecular flexibility index (Phi) is 10.6. The maximum Gasteiger partial charge on any atom is 0.256 e. The summed E-state index contributed by atoms with van der Waals surface area (Å²) in [5.74, 6) is 1.66.